The molecule has 0 heterocycles. The van der Waals surface area contributed by atoms with Gasteiger partial charge in [-0.2, -0.15) is 0 Å². The highest BCUT2D eigenvalue weighted by Gasteiger charge is 2.24. The zero-order chi connectivity index (χ0) is 10.5. The Morgan fingerprint density at radius 1 is 1.54 bits per heavy atom. The monoisotopic (exact) mass is 191 g/mol. The zero-order valence-corrected chi connectivity index (χ0v) is 8.47. The van der Waals surface area contributed by atoms with E-state index in [9.17, 15) is 9.18 Å². The van der Waals surface area contributed by atoms with Crippen LogP contribution in [0.1, 0.15) is 27.2 Å². The molecule has 2 N–H and O–H groups in total. The van der Waals surface area contributed by atoms with Gasteiger partial charge in [0.25, 0.3) is 0 Å². The number of alkyl halides is 1. The van der Waals surface area contributed by atoms with Crippen LogP contribution in [-0.4, -0.2) is 24.8 Å². The predicted octanol–water partition coefficient (Wildman–Crippen LogP) is 1.26. The molecule has 1 atom stereocenters. The number of carbonyl (C=O) groups is 1. The highest BCUT2D eigenvalue weighted by atomic mass is 19.1. The van der Waals surface area contributed by atoms with Gasteiger partial charge >= 0.3 is 5.97 Å². The summed E-state index contributed by atoms with van der Waals surface area (Å²) >= 11 is 0. The van der Waals surface area contributed by atoms with Crippen LogP contribution in [0.5, 0.6) is 0 Å². The standard InChI is InChI=1S/C9H18FNO2/c1-9(2,3)13-8(12)7(6-10)4-5-11/h7H,4-6,11H2,1-3H3. The molecule has 0 aromatic heterocycles. The number of hydrogen-bond donors (Lipinski definition) is 1. The second kappa shape index (κ2) is 5.17. The van der Waals surface area contributed by atoms with E-state index in [1.807, 2.05) is 0 Å². The fourth-order valence-corrected chi connectivity index (χ4v) is 0.844. The highest BCUT2D eigenvalue weighted by molar-refractivity contribution is 5.73. The number of halogens is 1. The van der Waals surface area contributed by atoms with Crippen LogP contribution in [-0.2, 0) is 9.53 Å². The summed E-state index contributed by atoms with van der Waals surface area (Å²) in [5, 5.41) is 0. The van der Waals surface area contributed by atoms with Gasteiger partial charge in [0.2, 0.25) is 0 Å². The van der Waals surface area contributed by atoms with Crippen molar-refractivity contribution >= 4 is 5.97 Å². The number of rotatable bonds is 4. The molecule has 0 bridgehead atoms. The maximum Gasteiger partial charge on any atom is 0.312 e. The minimum atomic E-state index is -0.704. The third-order valence-corrected chi connectivity index (χ3v) is 1.44. The third-order valence-electron chi connectivity index (χ3n) is 1.44. The molecule has 0 fully saturated rings. The lowest BCUT2D eigenvalue weighted by molar-refractivity contribution is -0.160. The molecule has 0 aromatic carbocycles. The number of esters is 1. The summed E-state index contributed by atoms with van der Waals surface area (Å²) in [6.07, 6.45) is 0.339. The van der Waals surface area contributed by atoms with E-state index in [1.54, 1.807) is 20.8 Å². The Morgan fingerprint density at radius 2 is 2.08 bits per heavy atom. The van der Waals surface area contributed by atoms with E-state index in [2.05, 4.69) is 0 Å². The van der Waals surface area contributed by atoms with E-state index in [4.69, 9.17) is 10.5 Å². The largest absolute Gasteiger partial charge is 0.460 e. The van der Waals surface area contributed by atoms with Gasteiger partial charge in [0.05, 0.1) is 5.92 Å². The molecule has 0 amide bonds. The molecular formula is C9H18FNO2. The molecule has 0 aliphatic rings. The summed E-state index contributed by atoms with van der Waals surface area (Å²) in [6.45, 7) is 4.86. The van der Waals surface area contributed by atoms with Gasteiger partial charge in [0, 0.05) is 0 Å². The second-order valence-electron chi connectivity index (χ2n) is 3.96. The van der Waals surface area contributed by atoms with Crippen molar-refractivity contribution in [1.29, 1.82) is 0 Å². The minimum Gasteiger partial charge on any atom is -0.460 e. The number of carbonyl (C=O) groups excluding carboxylic acids is 1. The van der Waals surface area contributed by atoms with E-state index in [0.29, 0.717) is 13.0 Å². The van der Waals surface area contributed by atoms with Gasteiger partial charge in [0.1, 0.15) is 12.3 Å². The normalized spacial score (nSPS) is 13.9. The summed E-state index contributed by atoms with van der Waals surface area (Å²) in [6, 6.07) is 0. The Balaban J connectivity index is 4.06. The van der Waals surface area contributed by atoms with Crippen LogP contribution in [0, 0.1) is 5.92 Å². The van der Waals surface area contributed by atoms with Crippen molar-refractivity contribution < 1.29 is 13.9 Å². The molecule has 3 nitrogen and oxygen atoms in total. The van der Waals surface area contributed by atoms with Gasteiger partial charge in [-0.1, -0.05) is 0 Å². The first-order valence-corrected chi connectivity index (χ1v) is 4.39. The van der Waals surface area contributed by atoms with E-state index in [-0.39, 0.29) is 0 Å². The first-order valence-electron chi connectivity index (χ1n) is 4.39. The van der Waals surface area contributed by atoms with Crippen molar-refractivity contribution in [3.63, 3.8) is 0 Å². The fraction of sp³-hybridized carbons (Fsp3) is 0.889. The van der Waals surface area contributed by atoms with Crippen molar-refractivity contribution in [1.82, 2.24) is 0 Å². The van der Waals surface area contributed by atoms with Crippen molar-refractivity contribution in [3.8, 4) is 0 Å². The Labute approximate surface area is 78.4 Å². The average Bonchev–Trinajstić information content (AvgIpc) is 1.96. The number of ether oxygens (including phenoxy) is 1. The molecule has 78 valence electrons. The SMILES string of the molecule is CC(C)(C)OC(=O)C(CF)CCN. The van der Waals surface area contributed by atoms with E-state index >= 15 is 0 Å². The van der Waals surface area contributed by atoms with E-state index in [0.717, 1.165) is 0 Å². The van der Waals surface area contributed by atoms with Crippen LogP contribution >= 0.6 is 0 Å². The molecule has 0 radical (unpaired) electrons. The first kappa shape index (κ1) is 12.4. The third kappa shape index (κ3) is 5.58. The summed E-state index contributed by atoms with van der Waals surface area (Å²) < 4.78 is 17.3. The van der Waals surface area contributed by atoms with Crippen LogP contribution in [0.25, 0.3) is 0 Å². The van der Waals surface area contributed by atoms with E-state index in [1.165, 1.54) is 0 Å². The van der Waals surface area contributed by atoms with Crippen molar-refractivity contribution in [2.45, 2.75) is 32.8 Å². The molecule has 0 spiro atoms. The van der Waals surface area contributed by atoms with Crippen molar-refractivity contribution in [2.75, 3.05) is 13.2 Å². The van der Waals surface area contributed by atoms with Gasteiger partial charge in [-0.05, 0) is 33.7 Å². The lowest BCUT2D eigenvalue weighted by Gasteiger charge is -2.22. The molecular weight excluding hydrogens is 173 g/mol. The van der Waals surface area contributed by atoms with Gasteiger partial charge < -0.3 is 10.5 Å². The summed E-state index contributed by atoms with van der Waals surface area (Å²) in [7, 11) is 0. The topological polar surface area (TPSA) is 52.3 Å². The maximum atomic E-state index is 12.3. The Bertz CT molecular complexity index is 165. The lowest BCUT2D eigenvalue weighted by atomic mass is 10.1. The van der Waals surface area contributed by atoms with Gasteiger partial charge in [0.15, 0.2) is 0 Å². The quantitative estimate of drug-likeness (QED) is 0.681. The second-order valence-corrected chi connectivity index (χ2v) is 3.96. The average molecular weight is 191 g/mol. The fourth-order valence-electron chi connectivity index (χ4n) is 0.844. The zero-order valence-electron chi connectivity index (χ0n) is 8.47. The first-order chi connectivity index (χ1) is 5.90. The summed E-state index contributed by atoms with van der Waals surface area (Å²) in [4.78, 5) is 11.3. The Kier molecular flexibility index (Phi) is 4.91. The minimum absolute atomic E-state index is 0.299. The molecule has 0 aliphatic heterocycles. The molecule has 13 heavy (non-hydrogen) atoms. The van der Waals surface area contributed by atoms with Crippen LogP contribution in [0.3, 0.4) is 0 Å². The van der Waals surface area contributed by atoms with Gasteiger partial charge in [-0.15, -0.1) is 0 Å². The molecule has 0 saturated heterocycles. The summed E-state index contributed by atoms with van der Waals surface area (Å²) in [5.74, 6) is -1.20. The van der Waals surface area contributed by atoms with Gasteiger partial charge in [-0.3, -0.25) is 9.18 Å². The van der Waals surface area contributed by atoms with Crippen LogP contribution in [0.2, 0.25) is 0 Å². The number of nitrogens with two attached hydrogens (primary N) is 1. The Morgan fingerprint density at radius 3 is 2.38 bits per heavy atom. The Hall–Kier alpha value is -0.640. The van der Waals surface area contributed by atoms with E-state index < -0.39 is 24.2 Å². The molecule has 4 heteroatoms. The van der Waals surface area contributed by atoms with Crippen LogP contribution in [0.15, 0.2) is 0 Å². The lowest BCUT2D eigenvalue weighted by Crippen LogP contribution is -2.30. The van der Waals surface area contributed by atoms with Crippen molar-refractivity contribution in [3.05, 3.63) is 0 Å². The molecule has 1 unspecified atom stereocenters. The van der Waals surface area contributed by atoms with Crippen LogP contribution < -0.4 is 5.73 Å². The summed E-state index contributed by atoms with van der Waals surface area (Å²) in [5.41, 5.74) is 4.68. The predicted molar refractivity (Wildman–Crippen MR) is 49.0 cm³/mol. The number of hydrogen-bond acceptors (Lipinski definition) is 3. The smallest absolute Gasteiger partial charge is 0.312 e. The highest BCUT2D eigenvalue weighted by Crippen LogP contribution is 2.13. The van der Waals surface area contributed by atoms with Crippen LogP contribution in [0.4, 0.5) is 4.39 Å². The van der Waals surface area contributed by atoms with Crippen molar-refractivity contribution in [2.24, 2.45) is 11.7 Å². The van der Waals surface area contributed by atoms with Gasteiger partial charge in [-0.25, -0.2) is 0 Å². The molecule has 0 rings (SSSR count). The molecule has 0 aromatic rings. The maximum absolute atomic E-state index is 12.3. The molecule has 0 aliphatic carbocycles. The molecule has 0 saturated carbocycles.